The number of fused-ring (bicyclic) bond motifs is 2. The number of hydrogen-bond donors (Lipinski definition) is 2. The van der Waals surface area contributed by atoms with Crippen LogP contribution >= 0.6 is 0 Å². The monoisotopic (exact) mass is 929 g/mol. The number of nitrogens with one attached hydrogen (secondary N) is 2. The van der Waals surface area contributed by atoms with Crippen LogP contribution in [-0.2, 0) is 0 Å². The fourth-order valence-electron chi connectivity index (χ4n) is 9.45. The van der Waals surface area contributed by atoms with Crippen molar-refractivity contribution in [2.45, 2.75) is 77.0 Å². The summed E-state index contributed by atoms with van der Waals surface area (Å²) in [5.74, 6) is 19.6. The van der Waals surface area contributed by atoms with Gasteiger partial charge in [-0.3, -0.25) is 0 Å². The molecule has 2 N–H and O–H groups in total. The number of anilines is 4. The van der Waals surface area contributed by atoms with Gasteiger partial charge in [0, 0.05) is 76.0 Å². The number of rotatable bonds is 14. The van der Waals surface area contributed by atoms with Crippen LogP contribution in [0.2, 0.25) is 0 Å². The Labute approximate surface area is 407 Å². The van der Waals surface area contributed by atoms with Gasteiger partial charge in [0.1, 0.15) is 23.1 Å². The summed E-state index contributed by atoms with van der Waals surface area (Å²) in [5, 5.41) is 9.40. The highest BCUT2D eigenvalue weighted by Gasteiger charge is 2.23. The fourth-order valence-corrected chi connectivity index (χ4v) is 9.45. The van der Waals surface area contributed by atoms with Gasteiger partial charge in [-0.1, -0.05) is 23.7 Å². The van der Waals surface area contributed by atoms with Crippen molar-refractivity contribution >= 4 is 45.3 Å². The van der Waals surface area contributed by atoms with E-state index in [0.29, 0.717) is 11.8 Å². The number of piperidine rings is 4. The Kier molecular flexibility index (Phi) is 19.0. The molecule has 4 fully saturated rings. The Morgan fingerprint density at radius 3 is 1.28 bits per heavy atom. The molecule has 6 heterocycles. The van der Waals surface area contributed by atoms with E-state index in [-0.39, 0.29) is 0 Å². The molecule has 0 radical (unpaired) electrons. The third kappa shape index (κ3) is 14.5. The van der Waals surface area contributed by atoms with Crippen molar-refractivity contribution in [3.05, 3.63) is 35.4 Å². The molecule has 2 aromatic heterocycles. The lowest BCUT2D eigenvalue weighted by Crippen LogP contribution is -2.33. The average molecular weight is 929 g/mol. The number of ether oxygens (including phenoxy) is 2. The van der Waals surface area contributed by atoms with Gasteiger partial charge in [-0.15, -0.1) is 0 Å². The molecule has 14 nitrogen and oxygen atoms in total. The van der Waals surface area contributed by atoms with Crippen LogP contribution in [0.1, 0.15) is 88.2 Å². The Morgan fingerprint density at radius 2 is 0.926 bits per heavy atom. The van der Waals surface area contributed by atoms with Crippen molar-refractivity contribution in [3.63, 3.8) is 0 Å². The fraction of sp³-hybridized carbons (Fsp3) is 0.630. The third-order valence-corrected chi connectivity index (χ3v) is 13.9. The van der Waals surface area contributed by atoms with Crippen LogP contribution in [0.3, 0.4) is 0 Å². The van der Waals surface area contributed by atoms with Gasteiger partial charge in [-0.25, -0.2) is 9.97 Å². The highest BCUT2D eigenvalue weighted by Crippen LogP contribution is 2.34. The largest absolute Gasteiger partial charge is 0.495 e. The summed E-state index contributed by atoms with van der Waals surface area (Å²) in [6, 6.07) is 8.27. The maximum absolute atomic E-state index is 5.73. The van der Waals surface area contributed by atoms with Crippen LogP contribution < -0.4 is 29.9 Å². The van der Waals surface area contributed by atoms with Crippen LogP contribution in [0, 0.1) is 35.5 Å². The van der Waals surface area contributed by atoms with Gasteiger partial charge in [0.2, 0.25) is 11.9 Å². The van der Waals surface area contributed by atoms with E-state index in [1.54, 1.807) is 14.2 Å². The van der Waals surface area contributed by atoms with E-state index in [1.807, 2.05) is 0 Å². The van der Waals surface area contributed by atoms with E-state index >= 15 is 0 Å². The zero-order valence-corrected chi connectivity index (χ0v) is 42.7. The van der Waals surface area contributed by atoms with E-state index in [4.69, 9.17) is 29.4 Å². The van der Waals surface area contributed by atoms with E-state index in [2.05, 4.69) is 130 Å². The summed E-state index contributed by atoms with van der Waals surface area (Å²) in [6.07, 6.45) is 13.9. The van der Waals surface area contributed by atoms with Crippen LogP contribution in [0.25, 0.3) is 21.8 Å². The Morgan fingerprint density at radius 1 is 0.544 bits per heavy atom. The van der Waals surface area contributed by atoms with E-state index in [9.17, 15) is 0 Å². The van der Waals surface area contributed by atoms with Crippen LogP contribution in [0.4, 0.5) is 23.5 Å². The third-order valence-electron chi connectivity index (χ3n) is 13.9. The first kappa shape index (κ1) is 50.7. The molecule has 0 spiro atoms. The molecule has 68 heavy (non-hydrogen) atoms. The highest BCUT2D eigenvalue weighted by molar-refractivity contribution is 5.94. The van der Waals surface area contributed by atoms with Gasteiger partial charge >= 0.3 is 0 Å². The van der Waals surface area contributed by atoms with Gasteiger partial charge in [0.25, 0.3) is 0 Å². The molecule has 0 atom stereocenters. The first-order chi connectivity index (χ1) is 33.1. The lowest BCUT2D eigenvalue weighted by atomic mass is 9.97. The lowest BCUT2D eigenvalue weighted by Gasteiger charge is -2.30. The maximum Gasteiger partial charge on any atom is 0.227 e. The average Bonchev–Trinajstić information content (AvgIpc) is 3.36. The number of nitrogens with zero attached hydrogens (tertiary/aromatic N) is 10. The molecule has 0 amide bonds. The first-order valence-electron chi connectivity index (χ1n) is 25.5. The zero-order valence-electron chi connectivity index (χ0n) is 42.7. The minimum atomic E-state index is 0.670. The second-order valence-corrected chi connectivity index (χ2v) is 19.9. The predicted molar refractivity (Wildman–Crippen MR) is 282 cm³/mol. The van der Waals surface area contributed by atoms with Gasteiger partial charge in [0.15, 0.2) is 0 Å². The standard InChI is InChI=1S/2C27H40N6O/c2*1-31(2)13-9-6-10-22-18-24-23(19-25(22)34-4)26(28-20-21-11-16-32(3)17-12-21)30-27(29-24)33-14-7-5-8-15-33/h2*18-19,21H,5,7-9,11-17,20H2,1-4H3,(H,28,29,30). The van der Waals surface area contributed by atoms with E-state index in [1.165, 1.54) is 90.4 Å². The van der Waals surface area contributed by atoms with Crippen LogP contribution in [0.15, 0.2) is 24.3 Å². The van der Waals surface area contributed by atoms with Crippen molar-refractivity contribution in [1.82, 2.24) is 39.5 Å². The number of hydrogen-bond acceptors (Lipinski definition) is 14. The molecule has 4 aromatic rings. The van der Waals surface area contributed by atoms with Crippen molar-refractivity contribution in [1.29, 1.82) is 0 Å². The molecular formula is C54H80N12O2. The second kappa shape index (κ2) is 25.5. The maximum atomic E-state index is 5.73. The molecule has 8 rings (SSSR count). The summed E-state index contributed by atoms with van der Waals surface area (Å²) >= 11 is 0. The summed E-state index contributed by atoms with van der Waals surface area (Å²) in [7, 11) is 16.1. The molecular weight excluding hydrogens is 849 g/mol. The van der Waals surface area contributed by atoms with Crippen molar-refractivity contribution in [3.8, 4) is 35.2 Å². The van der Waals surface area contributed by atoms with Crippen molar-refractivity contribution < 1.29 is 9.47 Å². The molecule has 4 aliphatic rings. The van der Waals surface area contributed by atoms with Gasteiger partial charge in [0.05, 0.1) is 36.4 Å². The van der Waals surface area contributed by atoms with Gasteiger partial charge < -0.3 is 49.5 Å². The quantitative estimate of drug-likeness (QED) is 0.123. The molecule has 4 aliphatic heterocycles. The number of methoxy groups -OCH3 is 2. The molecule has 0 unspecified atom stereocenters. The summed E-state index contributed by atoms with van der Waals surface area (Å²) in [4.78, 5) is 33.8. The highest BCUT2D eigenvalue weighted by atomic mass is 16.5. The molecule has 4 saturated heterocycles. The minimum absolute atomic E-state index is 0.670. The minimum Gasteiger partial charge on any atom is -0.495 e. The molecule has 14 heteroatoms. The molecule has 368 valence electrons. The molecule has 2 aromatic carbocycles. The normalized spacial score (nSPS) is 17.6. The molecule has 0 saturated carbocycles. The topological polar surface area (TPSA) is 114 Å². The van der Waals surface area contributed by atoms with Crippen molar-refractivity contribution in [2.24, 2.45) is 11.8 Å². The SMILES string of the molecule is COc1cc2c(NCC3CCN(C)CC3)nc(N3CCCCC3)nc2cc1C#CCCN(C)C.COc1cc2c(NCC3CCN(C)CC3)nc(N3CCCCC3)nc2cc1C#CCCN(C)C. The predicted octanol–water partition coefficient (Wildman–Crippen LogP) is 7.37. The smallest absolute Gasteiger partial charge is 0.227 e. The van der Waals surface area contributed by atoms with E-state index < -0.39 is 0 Å². The first-order valence-corrected chi connectivity index (χ1v) is 25.5. The van der Waals surface area contributed by atoms with E-state index in [0.717, 1.165) is 133 Å². The number of aromatic nitrogens is 4. The number of likely N-dealkylation sites (tertiary alicyclic amines) is 2. The Balaban J connectivity index is 0.000000201. The summed E-state index contributed by atoms with van der Waals surface area (Å²) in [6.45, 7) is 12.5. The van der Waals surface area contributed by atoms with Crippen LogP contribution in [-0.4, -0.2) is 175 Å². The molecule has 0 aliphatic carbocycles. The number of benzene rings is 2. The van der Waals surface area contributed by atoms with Gasteiger partial charge in [-0.2, -0.15) is 9.97 Å². The van der Waals surface area contributed by atoms with Gasteiger partial charge in [-0.05, 0) is 169 Å². The Hall–Kier alpha value is -5.12. The zero-order chi connectivity index (χ0) is 47.8. The van der Waals surface area contributed by atoms with Crippen molar-refractivity contribution in [2.75, 3.05) is 155 Å². The second-order valence-electron chi connectivity index (χ2n) is 19.9. The van der Waals surface area contributed by atoms with Crippen LogP contribution in [0.5, 0.6) is 11.5 Å². The lowest BCUT2D eigenvalue weighted by molar-refractivity contribution is 0.226. The Bertz CT molecular complexity index is 2190. The molecule has 0 bridgehead atoms. The summed E-state index contributed by atoms with van der Waals surface area (Å²) < 4.78 is 11.5. The summed E-state index contributed by atoms with van der Waals surface area (Å²) in [5.41, 5.74) is 3.63.